The molecule has 124 valence electrons. The van der Waals surface area contributed by atoms with Crippen LogP contribution in [0.1, 0.15) is 35.3 Å². The van der Waals surface area contributed by atoms with Crippen molar-refractivity contribution in [2.75, 3.05) is 19.0 Å². The van der Waals surface area contributed by atoms with Crippen molar-refractivity contribution in [3.05, 3.63) is 63.6 Å². The molecule has 0 spiro atoms. The molecule has 2 aromatic rings. The lowest BCUT2D eigenvalue weighted by molar-refractivity contribution is 0.0950. The van der Waals surface area contributed by atoms with Crippen LogP contribution in [0.25, 0.3) is 0 Å². The van der Waals surface area contributed by atoms with Crippen molar-refractivity contribution >= 4 is 27.5 Å². The first-order valence-corrected chi connectivity index (χ1v) is 8.56. The molecule has 0 aliphatic carbocycles. The van der Waals surface area contributed by atoms with Gasteiger partial charge in [0.05, 0.1) is 0 Å². The van der Waals surface area contributed by atoms with Crippen molar-refractivity contribution < 1.29 is 4.79 Å². The molecule has 0 heterocycles. The van der Waals surface area contributed by atoms with E-state index in [0.29, 0.717) is 12.1 Å². The first-order chi connectivity index (χ1) is 11.0. The van der Waals surface area contributed by atoms with Crippen molar-refractivity contribution in [3.8, 4) is 0 Å². The van der Waals surface area contributed by atoms with Crippen LogP contribution in [0.3, 0.4) is 0 Å². The van der Waals surface area contributed by atoms with Crippen LogP contribution in [0.15, 0.2) is 46.9 Å². The average molecular weight is 377 g/mol. The molecule has 0 aromatic heterocycles. The predicted molar refractivity (Wildman–Crippen MR) is 102 cm³/mol. The van der Waals surface area contributed by atoms with Crippen molar-refractivity contribution in [2.24, 2.45) is 0 Å². The van der Waals surface area contributed by atoms with Gasteiger partial charge in [-0.25, -0.2) is 0 Å². The van der Waals surface area contributed by atoms with Gasteiger partial charge in [0.2, 0.25) is 0 Å². The van der Waals surface area contributed by atoms with E-state index in [2.05, 4.69) is 21.2 Å². The van der Waals surface area contributed by atoms with E-state index in [0.717, 1.165) is 21.3 Å². The minimum absolute atomic E-state index is 0.0592. The molecule has 0 unspecified atom stereocenters. The number of benzene rings is 2. The van der Waals surface area contributed by atoms with E-state index in [1.807, 2.05) is 82.2 Å². The zero-order valence-corrected chi connectivity index (χ0v) is 16.1. The number of nitrogens with one attached hydrogen (secondary N) is 1. The van der Waals surface area contributed by atoms with Crippen molar-refractivity contribution in [3.63, 3.8) is 0 Å². The van der Waals surface area contributed by atoms with Crippen molar-refractivity contribution in [1.29, 1.82) is 0 Å². The molecule has 0 fully saturated rings. The zero-order valence-electron chi connectivity index (χ0n) is 14.5. The lowest BCUT2D eigenvalue weighted by Crippen LogP contribution is -2.22. The smallest absolute Gasteiger partial charge is 0.251 e. The van der Waals surface area contributed by atoms with Gasteiger partial charge in [-0.05, 0) is 48.4 Å². The molecule has 2 aromatic carbocycles. The summed E-state index contributed by atoms with van der Waals surface area (Å²) in [5, 5.41) is 2.94. The number of carbonyl (C=O) groups excluding carboxylic acids is 1. The Kier molecular flexibility index (Phi) is 7.83. The molecule has 0 saturated carbocycles. The summed E-state index contributed by atoms with van der Waals surface area (Å²) >= 11 is 3.41. The number of aryl methyl sites for hydroxylation is 1. The van der Waals surface area contributed by atoms with Crippen LogP contribution in [0.5, 0.6) is 0 Å². The van der Waals surface area contributed by atoms with E-state index < -0.39 is 0 Å². The Hall–Kier alpha value is -1.81. The highest BCUT2D eigenvalue weighted by Crippen LogP contribution is 2.16. The average Bonchev–Trinajstić information content (AvgIpc) is 2.54. The molecule has 4 heteroatoms. The second kappa shape index (κ2) is 9.36. The lowest BCUT2D eigenvalue weighted by atomic mass is 10.1. The van der Waals surface area contributed by atoms with Gasteiger partial charge >= 0.3 is 0 Å². The van der Waals surface area contributed by atoms with Gasteiger partial charge in [-0.1, -0.05) is 41.9 Å². The molecule has 0 saturated heterocycles. The van der Waals surface area contributed by atoms with E-state index in [1.54, 1.807) is 0 Å². The van der Waals surface area contributed by atoms with Crippen LogP contribution in [-0.4, -0.2) is 20.0 Å². The summed E-state index contributed by atoms with van der Waals surface area (Å²) in [6.07, 6.45) is 0. The number of carbonyl (C=O) groups is 1. The highest BCUT2D eigenvalue weighted by Gasteiger charge is 2.07. The SMILES string of the molecule is CC.Cc1cc(Br)cc(C(=O)NCc2ccc(N(C)C)cc2)c1. The fraction of sp³-hybridized carbons (Fsp3) is 0.316. The Labute approximate surface area is 147 Å². The minimum atomic E-state index is -0.0592. The first-order valence-electron chi connectivity index (χ1n) is 7.77. The minimum Gasteiger partial charge on any atom is -0.378 e. The van der Waals surface area contributed by atoms with Gasteiger partial charge in [-0.3, -0.25) is 4.79 Å². The van der Waals surface area contributed by atoms with E-state index in [1.165, 1.54) is 0 Å². The number of anilines is 1. The Morgan fingerprint density at radius 2 is 1.70 bits per heavy atom. The van der Waals surface area contributed by atoms with E-state index >= 15 is 0 Å². The topological polar surface area (TPSA) is 32.3 Å². The largest absolute Gasteiger partial charge is 0.378 e. The standard InChI is InChI=1S/C17H19BrN2O.C2H6/c1-12-8-14(10-15(18)9-12)17(21)19-11-13-4-6-16(7-5-13)20(2)3;1-2/h4-10H,11H2,1-3H3,(H,19,21);1-2H3. The van der Waals surface area contributed by atoms with Crippen LogP contribution in [0, 0.1) is 6.92 Å². The third-order valence-electron chi connectivity index (χ3n) is 3.21. The monoisotopic (exact) mass is 376 g/mol. The molecule has 1 amide bonds. The predicted octanol–water partition coefficient (Wildman–Crippen LogP) is 4.78. The first kappa shape index (κ1) is 19.2. The van der Waals surface area contributed by atoms with Gasteiger partial charge in [0.25, 0.3) is 5.91 Å². The van der Waals surface area contributed by atoms with Gasteiger partial charge < -0.3 is 10.2 Å². The van der Waals surface area contributed by atoms with E-state index in [-0.39, 0.29) is 5.91 Å². The van der Waals surface area contributed by atoms with Crippen molar-refractivity contribution in [1.82, 2.24) is 5.32 Å². The maximum absolute atomic E-state index is 12.2. The summed E-state index contributed by atoms with van der Waals surface area (Å²) in [6.45, 7) is 6.50. The number of nitrogens with zero attached hydrogens (tertiary/aromatic N) is 1. The second-order valence-corrected chi connectivity index (χ2v) is 6.18. The van der Waals surface area contributed by atoms with Gasteiger partial charge in [-0.2, -0.15) is 0 Å². The quantitative estimate of drug-likeness (QED) is 0.832. The molecule has 0 bridgehead atoms. The van der Waals surface area contributed by atoms with Crippen molar-refractivity contribution in [2.45, 2.75) is 27.3 Å². The summed E-state index contributed by atoms with van der Waals surface area (Å²) < 4.78 is 0.919. The lowest BCUT2D eigenvalue weighted by Gasteiger charge is -2.13. The molecule has 1 N–H and O–H groups in total. The Balaban J connectivity index is 0.00000127. The van der Waals surface area contributed by atoms with Crippen LogP contribution in [0.2, 0.25) is 0 Å². The van der Waals surface area contributed by atoms with Gasteiger partial charge in [0.15, 0.2) is 0 Å². The molecular formula is C19H25BrN2O. The highest BCUT2D eigenvalue weighted by molar-refractivity contribution is 9.10. The normalized spacial score (nSPS) is 9.65. The van der Waals surface area contributed by atoms with E-state index in [4.69, 9.17) is 0 Å². The van der Waals surface area contributed by atoms with Crippen LogP contribution in [-0.2, 0) is 6.54 Å². The number of amides is 1. The molecule has 0 radical (unpaired) electrons. The molecular weight excluding hydrogens is 352 g/mol. The fourth-order valence-corrected chi connectivity index (χ4v) is 2.67. The second-order valence-electron chi connectivity index (χ2n) is 5.26. The Morgan fingerprint density at radius 3 is 2.22 bits per heavy atom. The summed E-state index contributed by atoms with van der Waals surface area (Å²) in [7, 11) is 4.01. The molecule has 23 heavy (non-hydrogen) atoms. The summed E-state index contributed by atoms with van der Waals surface area (Å²) in [5.41, 5.74) is 3.96. The Morgan fingerprint density at radius 1 is 1.09 bits per heavy atom. The Bertz CT molecular complexity index is 616. The van der Waals surface area contributed by atoms with E-state index in [9.17, 15) is 4.79 Å². The maximum atomic E-state index is 12.2. The van der Waals surface area contributed by atoms with Crippen LogP contribution < -0.4 is 10.2 Å². The number of hydrogen-bond donors (Lipinski definition) is 1. The number of hydrogen-bond acceptors (Lipinski definition) is 2. The molecule has 2 rings (SSSR count). The summed E-state index contributed by atoms with van der Waals surface area (Å²) in [5.74, 6) is -0.0592. The van der Waals surface area contributed by atoms with Crippen LogP contribution in [0.4, 0.5) is 5.69 Å². The summed E-state index contributed by atoms with van der Waals surface area (Å²) in [6, 6.07) is 13.8. The molecule has 0 aliphatic heterocycles. The third kappa shape index (κ3) is 6.06. The third-order valence-corrected chi connectivity index (χ3v) is 3.67. The molecule has 0 atom stereocenters. The van der Waals surface area contributed by atoms with Gasteiger partial charge in [0, 0.05) is 36.4 Å². The number of halogens is 1. The maximum Gasteiger partial charge on any atom is 0.251 e. The van der Waals surface area contributed by atoms with Crippen LogP contribution >= 0.6 is 15.9 Å². The fourth-order valence-electron chi connectivity index (χ4n) is 2.06. The molecule has 0 aliphatic rings. The molecule has 3 nitrogen and oxygen atoms in total. The zero-order chi connectivity index (χ0) is 17.4. The van der Waals surface area contributed by atoms with Gasteiger partial charge in [0.1, 0.15) is 0 Å². The summed E-state index contributed by atoms with van der Waals surface area (Å²) in [4.78, 5) is 14.2. The number of rotatable bonds is 4. The van der Waals surface area contributed by atoms with Gasteiger partial charge in [-0.15, -0.1) is 0 Å². The highest BCUT2D eigenvalue weighted by atomic mass is 79.9.